The van der Waals surface area contributed by atoms with Gasteiger partial charge >= 0.3 is 0 Å². The molecule has 0 aliphatic heterocycles. The predicted molar refractivity (Wildman–Crippen MR) is 120 cm³/mol. The smallest absolute Gasteiger partial charge is 0.0717 e. The average molecular weight is 381 g/mol. The van der Waals surface area contributed by atoms with E-state index < -0.39 is 0 Å². The lowest BCUT2D eigenvalue weighted by Crippen LogP contribution is -2.25. The monoisotopic (exact) mass is 380 g/mol. The topological polar surface area (TPSA) is 9.23 Å². The van der Waals surface area contributed by atoms with E-state index >= 15 is 0 Å². The first kappa shape index (κ1) is 21.4. The van der Waals surface area contributed by atoms with Crippen LogP contribution >= 0.6 is 0 Å². The van der Waals surface area contributed by atoms with Crippen LogP contribution < -0.4 is 0 Å². The second-order valence-electron chi connectivity index (χ2n) is 9.13. The van der Waals surface area contributed by atoms with Crippen LogP contribution in [0.3, 0.4) is 0 Å². The lowest BCUT2D eigenvalue weighted by atomic mass is 9.68. The third-order valence-corrected chi connectivity index (χ3v) is 7.30. The Kier molecular flexibility index (Phi) is 8.86. The fourth-order valence-electron chi connectivity index (χ4n) is 5.47. The van der Waals surface area contributed by atoms with E-state index in [1.54, 1.807) is 5.56 Å². The summed E-state index contributed by atoms with van der Waals surface area (Å²) < 4.78 is 5.68. The molecule has 0 N–H and O–H groups in total. The predicted octanol–water partition coefficient (Wildman–Crippen LogP) is 7.83. The van der Waals surface area contributed by atoms with E-state index in [1.165, 1.54) is 69.8 Å². The minimum Gasteiger partial charge on any atom is -0.376 e. The summed E-state index contributed by atoms with van der Waals surface area (Å²) in [4.78, 5) is 0. The van der Waals surface area contributed by atoms with Crippen molar-refractivity contribution >= 4 is 0 Å². The molecule has 0 unspecified atom stereocenters. The van der Waals surface area contributed by atoms with Gasteiger partial charge in [0, 0.05) is 0 Å². The van der Waals surface area contributed by atoms with Crippen molar-refractivity contribution in [3.05, 3.63) is 60.7 Å². The van der Waals surface area contributed by atoms with Gasteiger partial charge in [0.25, 0.3) is 0 Å². The number of allylic oxidation sites excluding steroid dienone is 1. The summed E-state index contributed by atoms with van der Waals surface area (Å²) in [7, 11) is 0. The maximum Gasteiger partial charge on any atom is 0.0717 e. The lowest BCUT2D eigenvalue weighted by Gasteiger charge is -2.38. The van der Waals surface area contributed by atoms with Crippen LogP contribution in [0.5, 0.6) is 0 Å². The summed E-state index contributed by atoms with van der Waals surface area (Å²) in [5.74, 6) is 3.76. The third-order valence-electron chi connectivity index (χ3n) is 7.30. The van der Waals surface area contributed by atoms with E-state index in [9.17, 15) is 0 Å². The van der Waals surface area contributed by atoms with Crippen LogP contribution in [0.15, 0.2) is 49.6 Å². The lowest BCUT2D eigenvalue weighted by molar-refractivity contribution is 0.125. The first-order chi connectivity index (χ1) is 13.8. The molecule has 154 valence electrons. The molecule has 3 rings (SSSR count). The molecule has 0 atom stereocenters. The molecule has 0 spiro atoms. The molecule has 1 aromatic rings. The molecule has 0 heterocycles. The van der Waals surface area contributed by atoms with E-state index in [0.29, 0.717) is 0 Å². The van der Waals surface area contributed by atoms with Gasteiger partial charge in [0.1, 0.15) is 0 Å². The molecule has 2 aliphatic carbocycles. The van der Waals surface area contributed by atoms with Gasteiger partial charge in [0.2, 0.25) is 0 Å². The van der Waals surface area contributed by atoms with Crippen LogP contribution in [-0.4, -0.2) is 6.61 Å². The summed E-state index contributed by atoms with van der Waals surface area (Å²) in [6, 6.07) is 9.23. The Bertz CT molecular complexity index is 571. The molecule has 0 aromatic heterocycles. The highest BCUT2D eigenvalue weighted by molar-refractivity contribution is 5.25. The highest BCUT2D eigenvalue weighted by atomic mass is 16.5. The van der Waals surface area contributed by atoms with Crippen molar-refractivity contribution in [3.63, 3.8) is 0 Å². The SMILES string of the molecule is C=CCCOCc1ccc(C2CCC([C@H]3CC[C@H](CCC=C)CC3)CC2)cc1. The quantitative estimate of drug-likeness (QED) is 0.297. The third kappa shape index (κ3) is 6.34. The van der Waals surface area contributed by atoms with Gasteiger partial charge in [-0.15, -0.1) is 13.2 Å². The van der Waals surface area contributed by atoms with Crippen molar-refractivity contribution in [1.29, 1.82) is 0 Å². The Balaban J connectivity index is 1.39. The van der Waals surface area contributed by atoms with Crippen molar-refractivity contribution in [2.45, 2.75) is 83.2 Å². The number of hydrogen-bond acceptors (Lipinski definition) is 1. The van der Waals surface area contributed by atoms with Gasteiger partial charge in [-0.3, -0.25) is 0 Å². The minimum atomic E-state index is 0.719. The van der Waals surface area contributed by atoms with Crippen LogP contribution in [0, 0.1) is 17.8 Å². The van der Waals surface area contributed by atoms with Crippen LogP contribution in [0.25, 0.3) is 0 Å². The first-order valence-corrected chi connectivity index (χ1v) is 11.7. The number of rotatable bonds is 10. The molecular formula is C27H40O. The van der Waals surface area contributed by atoms with Gasteiger partial charge in [-0.05, 0) is 92.6 Å². The number of ether oxygens (including phenoxy) is 1. The highest BCUT2D eigenvalue weighted by Crippen LogP contribution is 2.44. The fourth-order valence-corrected chi connectivity index (χ4v) is 5.47. The van der Waals surface area contributed by atoms with E-state index in [1.807, 2.05) is 6.08 Å². The van der Waals surface area contributed by atoms with Crippen molar-refractivity contribution in [2.75, 3.05) is 6.61 Å². The Labute approximate surface area is 173 Å². The molecule has 1 heteroatoms. The van der Waals surface area contributed by atoms with E-state index in [0.717, 1.165) is 43.3 Å². The minimum absolute atomic E-state index is 0.719. The molecule has 1 nitrogen and oxygen atoms in total. The number of hydrogen-bond donors (Lipinski definition) is 0. The van der Waals surface area contributed by atoms with Crippen LogP contribution in [0.4, 0.5) is 0 Å². The Hall–Kier alpha value is -1.34. The van der Waals surface area contributed by atoms with Gasteiger partial charge < -0.3 is 4.74 Å². The maximum atomic E-state index is 5.68. The van der Waals surface area contributed by atoms with Gasteiger partial charge in [0.05, 0.1) is 13.2 Å². The molecule has 1 aromatic carbocycles. The standard InChI is InChI=1S/C27H40O/c1-3-5-7-22-8-12-24(13-9-22)26-16-18-27(19-17-26)25-14-10-23(11-15-25)21-28-20-6-4-2/h3-4,10-11,14-15,22,24,26-27H,1-2,5-9,12-13,16-21H2/t22-,24-,26?,27?. The Morgan fingerprint density at radius 2 is 1.39 bits per heavy atom. The summed E-state index contributed by atoms with van der Waals surface area (Å²) in [5, 5.41) is 0. The molecule has 2 aliphatic rings. The zero-order valence-electron chi connectivity index (χ0n) is 17.8. The van der Waals surface area contributed by atoms with E-state index in [2.05, 4.69) is 43.5 Å². The summed E-state index contributed by atoms with van der Waals surface area (Å²) >= 11 is 0. The number of benzene rings is 1. The van der Waals surface area contributed by atoms with Crippen LogP contribution in [-0.2, 0) is 11.3 Å². The summed E-state index contributed by atoms with van der Waals surface area (Å²) in [6.45, 7) is 9.10. The summed E-state index contributed by atoms with van der Waals surface area (Å²) in [5.41, 5.74) is 2.83. The molecule has 0 radical (unpaired) electrons. The molecule has 0 bridgehead atoms. The molecule has 2 fully saturated rings. The molecule has 0 saturated heterocycles. The van der Waals surface area contributed by atoms with Crippen LogP contribution in [0.2, 0.25) is 0 Å². The largest absolute Gasteiger partial charge is 0.376 e. The maximum absolute atomic E-state index is 5.68. The van der Waals surface area contributed by atoms with Gasteiger partial charge in [-0.1, -0.05) is 49.3 Å². The van der Waals surface area contributed by atoms with E-state index in [4.69, 9.17) is 4.74 Å². The van der Waals surface area contributed by atoms with Crippen molar-refractivity contribution < 1.29 is 4.74 Å². The second kappa shape index (κ2) is 11.6. The summed E-state index contributed by atoms with van der Waals surface area (Å²) in [6.07, 6.45) is 19.1. The second-order valence-corrected chi connectivity index (χ2v) is 9.13. The van der Waals surface area contributed by atoms with Gasteiger partial charge in [-0.2, -0.15) is 0 Å². The average Bonchev–Trinajstić information content (AvgIpc) is 2.76. The molecule has 28 heavy (non-hydrogen) atoms. The van der Waals surface area contributed by atoms with Crippen molar-refractivity contribution in [2.24, 2.45) is 17.8 Å². The highest BCUT2D eigenvalue weighted by Gasteiger charge is 2.31. The molecular weight excluding hydrogens is 340 g/mol. The van der Waals surface area contributed by atoms with Crippen LogP contribution in [0.1, 0.15) is 87.7 Å². The first-order valence-electron chi connectivity index (χ1n) is 11.7. The van der Waals surface area contributed by atoms with Crippen molar-refractivity contribution in [1.82, 2.24) is 0 Å². The normalized spacial score (nSPS) is 28.0. The van der Waals surface area contributed by atoms with Gasteiger partial charge in [0.15, 0.2) is 0 Å². The zero-order valence-corrected chi connectivity index (χ0v) is 17.8. The fraction of sp³-hybridized carbons (Fsp3) is 0.630. The zero-order chi connectivity index (χ0) is 19.6. The van der Waals surface area contributed by atoms with Crippen molar-refractivity contribution in [3.8, 4) is 0 Å². The molecule has 2 saturated carbocycles. The van der Waals surface area contributed by atoms with E-state index in [-0.39, 0.29) is 0 Å². The Morgan fingerprint density at radius 3 is 2.00 bits per heavy atom. The molecule has 0 amide bonds. The van der Waals surface area contributed by atoms with Gasteiger partial charge in [-0.25, -0.2) is 0 Å². The Morgan fingerprint density at radius 1 is 0.786 bits per heavy atom.